The summed E-state index contributed by atoms with van der Waals surface area (Å²) in [7, 11) is 0. The van der Waals surface area contributed by atoms with Crippen molar-refractivity contribution in [2.45, 2.75) is 38.6 Å². The van der Waals surface area contributed by atoms with Gasteiger partial charge in [0.05, 0.1) is 5.02 Å². The van der Waals surface area contributed by atoms with E-state index in [1.807, 2.05) is 12.1 Å². The molecule has 0 bridgehead atoms. The van der Waals surface area contributed by atoms with E-state index < -0.39 is 0 Å². The Morgan fingerprint density at radius 1 is 1.42 bits per heavy atom. The quantitative estimate of drug-likeness (QED) is 0.386. The summed E-state index contributed by atoms with van der Waals surface area (Å²) in [4.78, 5) is 11.4. The molecule has 3 rings (SSSR count). The van der Waals surface area contributed by atoms with Crippen LogP contribution in [-0.4, -0.2) is 43.2 Å². The molecule has 0 amide bonds. The van der Waals surface area contributed by atoms with Gasteiger partial charge in [-0.15, -0.1) is 24.0 Å². The van der Waals surface area contributed by atoms with E-state index in [9.17, 15) is 0 Å². The minimum atomic E-state index is 0. The number of anilines is 1. The lowest BCUT2D eigenvalue weighted by molar-refractivity contribution is 0.644. The largest absolute Gasteiger partial charge is 0.357 e. The molecule has 1 aliphatic carbocycles. The van der Waals surface area contributed by atoms with Crippen molar-refractivity contribution in [3.05, 3.63) is 23.4 Å². The number of rotatable bonds is 6. The van der Waals surface area contributed by atoms with Gasteiger partial charge in [0.1, 0.15) is 5.82 Å². The van der Waals surface area contributed by atoms with E-state index in [4.69, 9.17) is 16.6 Å². The van der Waals surface area contributed by atoms with Crippen LogP contribution in [0, 0.1) is 5.92 Å². The number of hydrogen-bond acceptors (Lipinski definition) is 3. The maximum atomic E-state index is 6.25. The molecule has 24 heavy (non-hydrogen) atoms. The number of aliphatic imine (C=N–C) groups is 1. The molecule has 1 saturated heterocycles. The normalized spacial score (nSPS) is 20.7. The third kappa shape index (κ3) is 5.65. The molecule has 0 aromatic carbocycles. The molecule has 1 atom stereocenters. The number of aromatic nitrogens is 1. The third-order valence-corrected chi connectivity index (χ3v) is 4.71. The van der Waals surface area contributed by atoms with Crippen LogP contribution >= 0.6 is 35.6 Å². The van der Waals surface area contributed by atoms with E-state index >= 15 is 0 Å². The Labute approximate surface area is 166 Å². The smallest absolute Gasteiger partial charge is 0.191 e. The minimum Gasteiger partial charge on any atom is -0.357 e. The highest BCUT2D eigenvalue weighted by molar-refractivity contribution is 14.0. The fourth-order valence-corrected chi connectivity index (χ4v) is 3.20. The van der Waals surface area contributed by atoms with Crippen molar-refractivity contribution in [1.82, 2.24) is 15.6 Å². The summed E-state index contributed by atoms with van der Waals surface area (Å²) in [5, 5.41) is 7.63. The molecule has 2 N–H and O–H groups in total. The van der Waals surface area contributed by atoms with E-state index in [0.717, 1.165) is 55.3 Å². The third-order valence-electron chi connectivity index (χ3n) is 4.42. The molecular formula is C17H27ClIN5. The van der Waals surface area contributed by atoms with Crippen molar-refractivity contribution in [2.24, 2.45) is 10.9 Å². The number of pyridine rings is 1. The molecule has 134 valence electrons. The molecular weight excluding hydrogens is 437 g/mol. The molecule has 1 aliphatic heterocycles. The van der Waals surface area contributed by atoms with Gasteiger partial charge < -0.3 is 15.5 Å². The van der Waals surface area contributed by atoms with Gasteiger partial charge in [0.2, 0.25) is 0 Å². The van der Waals surface area contributed by atoms with Gasteiger partial charge in [0, 0.05) is 38.4 Å². The van der Waals surface area contributed by atoms with Crippen molar-refractivity contribution in [1.29, 1.82) is 0 Å². The van der Waals surface area contributed by atoms with Crippen LogP contribution < -0.4 is 15.5 Å². The molecule has 1 unspecified atom stereocenters. The van der Waals surface area contributed by atoms with Crippen molar-refractivity contribution in [3.63, 3.8) is 0 Å². The molecule has 7 heteroatoms. The Morgan fingerprint density at radius 2 is 2.25 bits per heavy atom. The molecule has 1 saturated carbocycles. The summed E-state index contributed by atoms with van der Waals surface area (Å²) in [5.41, 5.74) is 0. The second-order valence-corrected chi connectivity index (χ2v) is 6.78. The number of halogens is 2. The van der Waals surface area contributed by atoms with E-state index in [1.54, 1.807) is 6.20 Å². The second kappa shape index (κ2) is 9.65. The van der Waals surface area contributed by atoms with Gasteiger partial charge in [0.15, 0.2) is 5.96 Å². The van der Waals surface area contributed by atoms with Crippen molar-refractivity contribution < 1.29 is 0 Å². The lowest BCUT2D eigenvalue weighted by Gasteiger charge is -2.20. The summed E-state index contributed by atoms with van der Waals surface area (Å²) in [6.07, 6.45) is 6.87. The summed E-state index contributed by atoms with van der Waals surface area (Å²) in [5.74, 6) is 2.75. The van der Waals surface area contributed by atoms with Crippen LogP contribution in [0.2, 0.25) is 5.02 Å². The minimum absolute atomic E-state index is 0. The maximum absolute atomic E-state index is 6.25. The fraction of sp³-hybridized carbons (Fsp3) is 0.647. The van der Waals surface area contributed by atoms with Crippen LogP contribution in [0.4, 0.5) is 5.82 Å². The van der Waals surface area contributed by atoms with Crippen LogP contribution in [-0.2, 0) is 0 Å². The Morgan fingerprint density at radius 3 is 2.96 bits per heavy atom. The predicted octanol–water partition coefficient (Wildman–Crippen LogP) is 3.29. The van der Waals surface area contributed by atoms with Gasteiger partial charge in [-0.3, -0.25) is 4.99 Å². The average Bonchev–Trinajstić information content (AvgIpc) is 3.25. The lowest BCUT2D eigenvalue weighted by Crippen LogP contribution is -2.44. The number of hydrogen-bond donors (Lipinski definition) is 2. The van der Waals surface area contributed by atoms with Crippen LogP contribution in [0.5, 0.6) is 0 Å². The van der Waals surface area contributed by atoms with Crippen LogP contribution in [0.25, 0.3) is 0 Å². The van der Waals surface area contributed by atoms with Gasteiger partial charge in [-0.2, -0.15) is 0 Å². The first-order valence-corrected chi connectivity index (χ1v) is 9.04. The predicted molar refractivity (Wildman–Crippen MR) is 112 cm³/mol. The number of guanidine groups is 1. The van der Waals surface area contributed by atoms with E-state index in [1.165, 1.54) is 19.3 Å². The van der Waals surface area contributed by atoms with E-state index in [0.29, 0.717) is 6.04 Å². The molecule has 0 radical (unpaired) electrons. The highest BCUT2D eigenvalue weighted by Crippen LogP contribution is 2.32. The zero-order chi connectivity index (χ0) is 16.1. The molecule has 2 heterocycles. The fourth-order valence-electron chi connectivity index (χ4n) is 2.96. The van der Waals surface area contributed by atoms with Crippen molar-refractivity contribution in [3.8, 4) is 0 Å². The average molecular weight is 464 g/mol. The van der Waals surface area contributed by atoms with E-state index in [2.05, 4.69) is 27.4 Å². The Hall–Kier alpha value is -0.760. The van der Waals surface area contributed by atoms with Crippen LogP contribution in [0.1, 0.15) is 32.6 Å². The molecule has 2 aliphatic rings. The standard InChI is InChI=1S/C17H26ClN5.HI/c1-2-19-17(21-10-7-13-5-6-13)22-14-8-11-23(12-14)16-15(18)4-3-9-20-16;/h3-4,9,13-14H,2,5-8,10-12H2,1H3,(H2,19,21,22);1H. The maximum Gasteiger partial charge on any atom is 0.191 e. The van der Waals surface area contributed by atoms with Gasteiger partial charge >= 0.3 is 0 Å². The van der Waals surface area contributed by atoms with Gasteiger partial charge in [-0.25, -0.2) is 4.98 Å². The summed E-state index contributed by atoms with van der Waals surface area (Å²) >= 11 is 6.25. The van der Waals surface area contributed by atoms with Crippen LogP contribution in [0.15, 0.2) is 23.3 Å². The van der Waals surface area contributed by atoms with Gasteiger partial charge in [-0.1, -0.05) is 24.4 Å². The molecule has 0 spiro atoms. The number of nitrogens with one attached hydrogen (secondary N) is 2. The van der Waals surface area contributed by atoms with Crippen molar-refractivity contribution in [2.75, 3.05) is 31.1 Å². The summed E-state index contributed by atoms with van der Waals surface area (Å²) < 4.78 is 0. The van der Waals surface area contributed by atoms with Crippen LogP contribution in [0.3, 0.4) is 0 Å². The first-order valence-electron chi connectivity index (χ1n) is 8.66. The Bertz CT molecular complexity index is 550. The Balaban J connectivity index is 0.00000208. The van der Waals surface area contributed by atoms with Gasteiger partial charge in [0.25, 0.3) is 0 Å². The van der Waals surface area contributed by atoms with Crippen molar-refractivity contribution >= 4 is 47.4 Å². The highest BCUT2D eigenvalue weighted by atomic mass is 127. The highest BCUT2D eigenvalue weighted by Gasteiger charge is 2.25. The lowest BCUT2D eigenvalue weighted by atomic mass is 10.3. The first-order chi connectivity index (χ1) is 11.3. The zero-order valence-electron chi connectivity index (χ0n) is 14.2. The second-order valence-electron chi connectivity index (χ2n) is 6.38. The molecule has 2 fully saturated rings. The molecule has 1 aromatic heterocycles. The molecule has 5 nitrogen and oxygen atoms in total. The first kappa shape index (κ1) is 19.6. The number of nitrogens with zero attached hydrogens (tertiary/aromatic N) is 3. The SMILES string of the molecule is CCNC(=NCCC1CC1)NC1CCN(c2ncccc2Cl)C1.I. The Kier molecular flexibility index (Phi) is 7.87. The monoisotopic (exact) mass is 463 g/mol. The summed E-state index contributed by atoms with van der Waals surface area (Å²) in [6, 6.07) is 4.15. The summed E-state index contributed by atoms with van der Waals surface area (Å²) in [6.45, 7) is 5.78. The topological polar surface area (TPSA) is 52.6 Å². The van der Waals surface area contributed by atoms with Gasteiger partial charge in [-0.05, 0) is 37.8 Å². The zero-order valence-corrected chi connectivity index (χ0v) is 17.3. The van der Waals surface area contributed by atoms with E-state index in [-0.39, 0.29) is 24.0 Å². The molecule has 1 aromatic rings.